The molecule has 0 saturated heterocycles. The lowest BCUT2D eigenvalue weighted by atomic mass is 10.4. The molecule has 0 spiro atoms. The topological polar surface area (TPSA) is 179 Å². The van der Waals surface area contributed by atoms with Crippen LogP contribution in [0.1, 0.15) is 27.7 Å². The zero-order valence-corrected chi connectivity index (χ0v) is 14.0. The number of carbonyl (C=O) groups is 4. The Hall–Kier alpha value is -2.98. The van der Waals surface area contributed by atoms with E-state index in [2.05, 4.69) is 21.5 Å². The van der Waals surface area contributed by atoms with Crippen molar-refractivity contribution in [2.24, 2.45) is 11.8 Å². The number of carboxylic acid groups (broad SMARTS) is 2. The second-order valence-electron chi connectivity index (χ2n) is 3.41. The van der Waals surface area contributed by atoms with Crippen LogP contribution in [0.2, 0.25) is 0 Å². The molecule has 10 heteroatoms. The maximum atomic E-state index is 9.47. The van der Waals surface area contributed by atoms with E-state index in [4.69, 9.17) is 19.8 Å². The van der Waals surface area contributed by atoms with E-state index in [0.29, 0.717) is 0 Å². The summed E-state index contributed by atoms with van der Waals surface area (Å²) in [7, 11) is 0. The van der Waals surface area contributed by atoms with Gasteiger partial charge in [-0.1, -0.05) is 36.4 Å². The number of aliphatic carboxylic acids is 2. The number of benzene rings is 1. The Bertz CT molecular complexity index is 377. The quantitative estimate of drug-likeness (QED) is 0.488. The van der Waals surface area contributed by atoms with Gasteiger partial charge in [-0.3, -0.25) is 19.2 Å². The highest BCUT2D eigenvalue weighted by atomic mass is 16.7. The van der Waals surface area contributed by atoms with Crippen LogP contribution in [-0.4, -0.2) is 34.1 Å². The average molecular weight is 348 g/mol. The first-order chi connectivity index (χ1) is 11.0. The number of nitrogens with two attached hydrogens (primary N) is 2. The van der Waals surface area contributed by atoms with Crippen LogP contribution in [-0.2, 0) is 28.9 Å². The van der Waals surface area contributed by atoms with Gasteiger partial charge in [-0.05, 0) is 0 Å². The first-order valence-electron chi connectivity index (χ1n) is 6.14. The molecule has 0 atom stereocenters. The summed E-state index contributed by atoms with van der Waals surface area (Å²) in [6, 6.07) is 12.0. The van der Waals surface area contributed by atoms with Crippen molar-refractivity contribution in [1.29, 1.82) is 0 Å². The number of carboxylic acids is 2. The Morgan fingerprint density at radius 3 is 0.750 bits per heavy atom. The second kappa shape index (κ2) is 25.0. The van der Waals surface area contributed by atoms with E-state index in [1.54, 1.807) is 0 Å². The van der Waals surface area contributed by atoms with Gasteiger partial charge in [0.1, 0.15) is 0 Å². The SMILES string of the molecule is CC(=O)O.CC(=O)O.CC(=O)ON.CC(=O)ON.c1ccccc1. The standard InChI is InChI=1S/C6H6.2C2H5NO2.2C2H4O2/c1-2-4-6-5-3-1;2*1-2(4)5-3;2*1-2(3)4/h1-6H;2*3H2,1H3;2*1H3,(H,3,4). The summed E-state index contributed by atoms with van der Waals surface area (Å²) in [4.78, 5) is 44.2. The fourth-order valence-corrected chi connectivity index (χ4v) is 0.385. The molecule has 138 valence electrons. The normalized spacial score (nSPS) is 6.92. The van der Waals surface area contributed by atoms with Crippen LogP contribution >= 0.6 is 0 Å². The molecule has 0 aliphatic carbocycles. The summed E-state index contributed by atoms with van der Waals surface area (Å²) in [6.07, 6.45) is 0. The van der Waals surface area contributed by atoms with Crippen molar-refractivity contribution in [2.75, 3.05) is 0 Å². The van der Waals surface area contributed by atoms with Crippen molar-refractivity contribution in [3.05, 3.63) is 36.4 Å². The molecule has 0 unspecified atom stereocenters. The highest BCUT2D eigenvalue weighted by Gasteiger charge is 1.77. The molecule has 10 nitrogen and oxygen atoms in total. The van der Waals surface area contributed by atoms with Crippen LogP contribution in [0.5, 0.6) is 0 Å². The monoisotopic (exact) mass is 348 g/mol. The van der Waals surface area contributed by atoms with E-state index >= 15 is 0 Å². The molecule has 0 saturated carbocycles. The molecule has 1 aromatic carbocycles. The van der Waals surface area contributed by atoms with Crippen molar-refractivity contribution in [1.82, 2.24) is 0 Å². The summed E-state index contributed by atoms with van der Waals surface area (Å²) in [5, 5.41) is 14.8. The van der Waals surface area contributed by atoms with Crippen LogP contribution in [0.15, 0.2) is 36.4 Å². The lowest BCUT2D eigenvalue weighted by molar-refractivity contribution is -0.142. The van der Waals surface area contributed by atoms with Crippen LogP contribution in [0, 0.1) is 0 Å². The maximum Gasteiger partial charge on any atom is 0.321 e. The van der Waals surface area contributed by atoms with Gasteiger partial charge in [0.15, 0.2) is 0 Å². The number of carbonyl (C=O) groups excluding carboxylic acids is 2. The van der Waals surface area contributed by atoms with Crippen molar-refractivity contribution >= 4 is 23.9 Å². The summed E-state index contributed by atoms with van der Waals surface area (Å²) in [6.45, 7) is 4.64. The Kier molecular flexibility index (Phi) is 30.3. The number of rotatable bonds is 0. The predicted molar refractivity (Wildman–Crippen MR) is 85.0 cm³/mol. The lowest BCUT2D eigenvalue weighted by Crippen LogP contribution is -2.03. The second-order valence-corrected chi connectivity index (χ2v) is 3.41. The first kappa shape index (κ1) is 29.1. The van der Waals surface area contributed by atoms with Crippen molar-refractivity contribution in [3.63, 3.8) is 0 Å². The third-order valence-corrected chi connectivity index (χ3v) is 0.999. The van der Waals surface area contributed by atoms with E-state index in [-0.39, 0.29) is 0 Å². The summed E-state index contributed by atoms with van der Waals surface area (Å²) < 4.78 is 0. The molecule has 0 radical (unpaired) electrons. The fourth-order valence-electron chi connectivity index (χ4n) is 0.385. The highest BCUT2D eigenvalue weighted by molar-refractivity contribution is 5.65. The van der Waals surface area contributed by atoms with E-state index in [1.807, 2.05) is 36.4 Å². The third kappa shape index (κ3) is 125. The molecule has 0 bridgehead atoms. The molecule has 1 rings (SSSR count). The molecule has 0 amide bonds. The zero-order valence-electron chi connectivity index (χ0n) is 14.0. The van der Waals surface area contributed by atoms with Crippen LogP contribution in [0.25, 0.3) is 0 Å². The highest BCUT2D eigenvalue weighted by Crippen LogP contribution is 1.79. The minimum absolute atomic E-state index is 0.468. The molecule has 0 aromatic heterocycles. The minimum Gasteiger partial charge on any atom is -0.481 e. The first-order valence-corrected chi connectivity index (χ1v) is 6.14. The van der Waals surface area contributed by atoms with Crippen molar-refractivity contribution in [2.45, 2.75) is 27.7 Å². The zero-order chi connectivity index (χ0) is 20.0. The van der Waals surface area contributed by atoms with Crippen molar-refractivity contribution < 1.29 is 39.1 Å². The summed E-state index contributed by atoms with van der Waals surface area (Å²) >= 11 is 0. The maximum absolute atomic E-state index is 9.47. The molecule has 24 heavy (non-hydrogen) atoms. The van der Waals surface area contributed by atoms with Gasteiger partial charge < -0.3 is 19.9 Å². The number of hydrogen-bond acceptors (Lipinski definition) is 8. The summed E-state index contributed by atoms with van der Waals surface area (Å²) in [5.74, 6) is 6.04. The van der Waals surface area contributed by atoms with Gasteiger partial charge in [0.05, 0.1) is 0 Å². The van der Waals surface area contributed by atoms with E-state index < -0.39 is 23.9 Å². The minimum atomic E-state index is -0.833. The Morgan fingerprint density at radius 2 is 0.708 bits per heavy atom. The molecule has 0 aliphatic heterocycles. The molecular weight excluding hydrogens is 324 g/mol. The largest absolute Gasteiger partial charge is 0.481 e. The van der Waals surface area contributed by atoms with Gasteiger partial charge in [0, 0.05) is 27.7 Å². The molecule has 0 aliphatic rings. The van der Waals surface area contributed by atoms with Gasteiger partial charge in [-0.15, -0.1) is 0 Å². The number of hydrogen-bond donors (Lipinski definition) is 4. The van der Waals surface area contributed by atoms with Crippen LogP contribution in [0.3, 0.4) is 0 Å². The van der Waals surface area contributed by atoms with Gasteiger partial charge in [-0.25, -0.2) is 0 Å². The molecule has 6 N–H and O–H groups in total. The third-order valence-electron chi connectivity index (χ3n) is 0.999. The fraction of sp³-hybridized carbons (Fsp3) is 0.286. The molecular formula is C14H24N2O8. The van der Waals surface area contributed by atoms with Gasteiger partial charge in [0.25, 0.3) is 11.9 Å². The van der Waals surface area contributed by atoms with E-state index in [1.165, 1.54) is 13.8 Å². The van der Waals surface area contributed by atoms with Crippen LogP contribution < -0.4 is 11.8 Å². The van der Waals surface area contributed by atoms with Gasteiger partial charge in [0.2, 0.25) is 0 Å². The molecule has 1 aromatic rings. The Morgan fingerprint density at radius 1 is 0.625 bits per heavy atom. The van der Waals surface area contributed by atoms with Gasteiger partial charge in [-0.2, -0.15) is 11.8 Å². The Labute approximate surface area is 139 Å². The van der Waals surface area contributed by atoms with Crippen molar-refractivity contribution in [3.8, 4) is 0 Å². The van der Waals surface area contributed by atoms with E-state index in [9.17, 15) is 9.59 Å². The van der Waals surface area contributed by atoms with E-state index in [0.717, 1.165) is 13.8 Å². The molecule has 0 heterocycles. The molecule has 0 fully saturated rings. The predicted octanol–water partition coefficient (Wildman–Crippen LogP) is 0.715. The lowest BCUT2D eigenvalue weighted by Gasteiger charge is -1.79. The smallest absolute Gasteiger partial charge is 0.321 e. The summed E-state index contributed by atoms with van der Waals surface area (Å²) in [5.41, 5.74) is 0. The van der Waals surface area contributed by atoms with Gasteiger partial charge >= 0.3 is 11.9 Å². The average Bonchev–Trinajstić information content (AvgIpc) is 2.49. The van der Waals surface area contributed by atoms with Crippen LogP contribution in [0.4, 0.5) is 0 Å². The Balaban J connectivity index is -0.000000105.